The summed E-state index contributed by atoms with van der Waals surface area (Å²) < 4.78 is 0. The number of guanidine groups is 1. The minimum absolute atomic E-state index is 0.162. The molecule has 7 heteroatoms. The number of amides is 1. The van der Waals surface area contributed by atoms with Gasteiger partial charge < -0.3 is 20.0 Å². The van der Waals surface area contributed by atoms with E-state index in [4.69, 9.17) is 0 Å². The van der Waals surface area contributed by atoms with E-state index in [9.17, 15) is 4.79 Å². The second kappa shape index (κ2) is 7.78. The third-order valence-corrected chi connectivity index (χ3v) is 4.71. The largest absolute Gasteiger partial charge is 0.355 e. The van der Waals surface area contributed by atoms with Crippen LogP contribution in [0.3, 0.4) is 0 Å². The summed E-state index contributed by atoms with van der Waals surface area (Å²) in [6, 6.07) is 0.508. The van der Waals surface area contributed by atoms with Gasteiger partial charge in [0.25, 0.3) is 0 Å². The molecule has 1 amide bonds. The van der Waals surface area contributed by atoms with Crippen LogP contribution < -0.4 is 5.32 Å². The summed E-state index contributed by atoms with van der Waals surface area (Å²) in [6.45, 7) is 9.12. The molecule has 2 rings (SSSR count). The molecule has 0 aromatic rings. The third kappa shape index (κ3) is 4.33. The van der Waals surface area contributed by atoms with Gasteiger partial charge in [0.2, 0.25) is 5.91 Å². The maximum atomic E-state index is 11.4. The average molecular weight is 310 g/mol. The van der Waals surface area contributed by atoms with Crippen molar-refractivity contribution < 1.29 is 4.79 Å². The Kier molecular flexibility index (Phi) is 6.02. The molecule has 0 aromatic heterocycles. The Hall–Kier alpha value is -1.34. The fourth-order valence-corrected chi connectivity index (χ4v) is 3.10. The molecule has 0 saturated carbocycles. The van der Waals surface area contributed by atoms with Crippen molar-refractivity contribution in [3.05, 3.63) is 0 Å². The molecule has 2 saturated heterocycles. The summed E-state index contributed by atoms with van der Waals surface area (Å²) in [6.07, 6.45) is 0. The zero-order valence-corrected chi connectivity index (χ0v) is 14.4. The van der Waals surface area contributed by atoms with E-state index in [1.807, 2.05) is 11.9 Å². The van der Waals surface area contributed by atoms with E-state index >= 15 is 0 Å². The molecule has 2 heterocycles. The van der Waals surface area contributed by atoms with Gasteiger partial charge in [0.05, 0.1) is 0 Å². The Morgan fingerprint density at radius 3 is 2.32 bits per heavy atom. The standard InChI is InChI=1S/C15H30N6O/c1-13(22)20-7-9-21(10-8-20)15(16-2)17-11-14-12-18(3)5-6-19(14)4/h14H,5-12H2,1-4H3,(H,16,17). The monoisotopic (exact) mass is 310 g/mol. The maximum absolute atomic E-state index is 11.4. The first-order valence-corrected chi connectivity index (χ1v) is 8.11. The van der Waals surface area contributed by atoms with Crippen molar-refractivity contribution >= 4 is 11.9 Å². The van der Waals surface area contributed by atoms with E-state index in [0.717, 1.165) is 58.3 Å². The van der Waals surface area contributed by atoms with Gasteiger partial charge in [-0.05, 0) is 14.1 Å². The van der Waals surface area contributed by atoms with Crippen LogP contribution in [0.4, 0.5) is 0 Å². The van der Waals surface area contributed by atoms with Gasteiger partial charge in [0.15, 0.2) is 5.96 Å². The first kappa shape index (κ1) is 17.0. The number of carbonyl (C=O) groups is 1. The normalized spacial score (nSPS) is 25.5. The average Bonchev–Trinajstić information content (AvgIpc) is 2.51. The van der Waals surface area contributed by atoms with Crippen LogP contribution in [0, 0.1) is 0 Å². The molecule has 2 aliphatic rings. The predicted molar refractivity (Wildman–Crippen MR) is 89.1 cm³/mol. The zero-order valence-electron chi connectivity index (χ0n) is 14.4. The number of likely N-dealkylation sites (N-methyl/N-ethyl adjacent to an activating group) is 2. The van der Waals surface area contributed by atoms with Crippen LogP contribution in [0.5, 0.6) is 0 Å². The van der Waals surface area contributed by atoms with Gasteiger partial charge in [0, 0.05) is 72.4 Å². The van der Waals surface area contributed by atoms with Gasteiger partial charge >= 0.3 is 0 Å². The Bertz CT molecular complexity index is 405. The summed E-state index contributed by atoms with van der Waals surface area (Å²) in [5, 5.41) is 3.51. The Balaban J connectivity index is 1.82. The highest BCUT2D eigenvalue weighted by Gasteiger charge is 2.24. The van der Waals surface area contributed by atoms with Gasteiger partial charge in [-0.1, -0.05) is 0 Å². The fraction of sp³-hybridized carbons (Fsp3) is 0.867. The van der Waals surface area contributed by atoms with Crippen molar-refractivity contribution in [3.8, 4) is 0 Å². The molecule has 126 valence electrons. The smallest absolute Gasteiger partial charge is 0.219 e. The number of nitrogens with zero attached hydrogens (tertiary/aromatic N) is 5. The minimum atomic E-state index is 0.162. The van der Waals surface area contributed by atoms with Gasteiger partial charge in [-0.2, -0.15) is 0 Å². The molecular weight excluding hydrogens is 280 g/mol. The van der Waals surface area contributed by atoms with Crippen molar-refractivity contribution in [1.29, 1.82) is 0 Å². The van der Waals surface area contributed by atoms with E-state index in [-0.39, 0.29) is 5.91 Å². The number of piperazine rings is 2. The highest BCUT2D eigenvalue weighted by atomic mass is 16.2. The first-order valence-electron chi connectivity index (χ1n) is 8.11. The summed E-state index contributed by atoms with van der Waals surface area (Å²) >= 11 is 0. The van der Waals surface area contributed by atoms with Crippen LogP contribution in [-0.4, -0.2) is 111 Å². The minimum Gasteiger partial charge on any atom is -0.355 e. The van der Waals surface area contributed by atoms with Crippen molar-refractivity contribution in [2.24, 2.45) is 4.99 Å². The molecule has 2 fully saturated rings. The van der Waals surface area contributed by atoms with Crippen LogP contribution in [-0.2, 0) is 4.79 Å². The topological polar surface area (TPSA) is 54.4 Å². The Labute approximate surface area is 133 Å². The maximum Gasteiger partial charge on any atom is 0.219 e. The molecule has 1 unspecified atom stereocenters. The molecule has 0 aromatic carbocycles. The van der Waals surface area contributed by atoms with E-state index < -0.39 is 0 Å². The van der Waals surface area contributed by atoms with Crippen LogP contribution in [0.25, 0.3) is 0 Å². The van der Waals surface area contributed by atoms with Crippen molar-refractivity contribution in [1.82, 2.24) is 24.9 Å². The predicted octanol–water partition coefficient (Wildman–Crippen LogP) is -1.03. The van der Waals surface area contributed by atoms with Gasteiger partial charge in [-0.3, -0.25) is 14.7 Å². The quantitative estimate of drug-likeness (QED) is 0.522. The molecule has 1 atom stereocenters. The molecule has 0 bridgehead atoms. The highest BCUT2D eigenvalue weighted by Crippen LogP contribution is 2.06. The molecule has 0 radical (unpaired) electrons. The van der Waals surface area contributed by atoms with E-state index in [1.54, 1.807) is 6.92 Å². The van der Waals surface area contributed by atoms with Crippen LogP contribution in [0.15, 0.2) is 4.99 Å². The van der Waals surface area contributed by atoms with Gasteiger partial charge in [-0.15, -0.1) is 0 Å². The number of rotatable bonds is 2. The van der Waals surface area contributed by atoms with Crippen LogP contribution in [0.2, 0.25) is 0 Å². The number of aliphatic imine (C=N–C) groups is 1. The van der Waals surface area contributed by atoms with E-state index in [1.165, 1.54) is 0 Å². The molecule has 0 aliphatic carbocycles. The zero-order chi connectivity index (χ0) is 16.1. The fourth-order valence-electron chi connectivity index (χ4n) is 3.10. The molecule has 7 nitrogen and oxygen atoms in total. The van der Waals surface area contributed by atoms with Gasteiger partial charge in [-0.25, -0.2) is 0 Å². The number of carbonyl (C=O) groups excluding carboxylic acids is 1. The third-order valence-electron chi connectivity index (χ3n) is 4.71. The SMILES string of the molecule is CN=C(NCC1CN(C)CCN1C)N1CCN(C(C)=O)CC1. The number of hydrogen-bond donors (Lipinski definition) is 1. The van der Waals surface area contributed by atoms with Crippen molar-refractivity contribution in [2.75, 3.05) is 73.5 Å². The van der Waals surface area contributed by atoms with Crippen LogP contribution in [0.1, 0.15) is 6.92 Å². The summed E-state index contributed by atoms with van der Waals surface area (Å²) in [7, 11) is 6.19. The van der Waals surface area contributed by atoms with E-state index in [2.05, 4.69) is 39.1 Å². The molecule has 1 N–H and O–H groups in total. The van der Waals surface area contributed by atoms with E-state index in [0.29, 0.717) is 6.04 Å². The molecule has 2 aliphatic heterocycles. The lowest BCUT2D eigenvalue weighted by Crippen LogP contribution is -2.57. The summed E-state index contributed by atoms with van der Waals surface area (Å²) in [4.78, 5) is 24.7. The Morgan fingerprint density at radius 1 is 1.09 bits per heavy atom. The second-order valence-corrected chi connectivity index (χ2v) is 6.32. The van der Waals surface area contributed by atoms with Gasteiger partial charge in [0.1, 0.15) is 0 Å². The lowest BCUT2D eigenvalue weighted by atomic mass is 10.2. The first-order chi connectivity index (χ1) is 10.5. The molecular formula is C15H30N6O. The molecule has 0 spiro atoms. The second-order valence-electron chi connectivity index (χ2n) is 6.32. The lowest BCUT2D eigenvalue weighted by molar-refractivity contribution is -0.130. The summed E-state index contributed by atoms with van der Waals surface area (Å²) in [5.41, 5.74) is 0. The van der Waals surface area contributed by atoms with Crippen molar-refractivity contribution in [2.45, 2.75) is 13.0 Å². The summed E-state index contributed by atoms with van der Waals surface area (Å²) in [5.74, 6) is 1.11. The van der Waals surface area contributed by atoms with Crippen LogP contribution >= 0.6 is 0 Å². The number of hydrogen-bond acceptors (Lipinski definition) is 4. The Morgan fingerprint density at radius 2 is 1.73 bits per heavy atom. The number of nitrogens with one attached hydrogen (secondary N) is 1. The molecule has 22 heavy (non-hydrogen) atoms. The van der Waals surface area contributed by atoms with Crippen molar-refractivity contribution in [3.63, 3.8) is 0 Å². The lowest BCUT2D eigenvalue weighted by Gasteiger charge is -2.39. The highest BCUT2D eigenvalue weighted by molar-refractivity contribution is 5.80.